The van der Waals surface area contributed by atoms with Gasteiger partial charge in [-0.15, -0.1) is 0 Å². The first kappa shape index (κ1) is 24.8. The lowest BCUT2D eigenvalue weighted by molar-refractivity contribution is -0.117. The molecule has 1 aliphatic heterocycles. The van der Waals surface area contributed by atoms with Crippen LogP contribution >= 0.6 is 0 Å². The van der Waals surface area contributed by atoms with Crippen LogP contribution < -0.4 is 14.9 Å². The maximum atomic E-state index is 12.5. The molecule has 0 bridgehead atoms. The van der Waals surface area contributed by atoms with Gasteiger partial charge in [-0.3, -0.25) is 4.79 Å². The third-order valence-corrected chi connectivity index (χ3v) is 7.06. The molecule has 4 rings (SSSR count). The first-order valence-electron chi connectivity index (χ1n) is 11.4. The Balaban J connectivity index is 1.48. The molecule has 9 nitrogen and oxygen atoms in total. The van der Waals surface area contributed by atoms with E-state index in [1.54, 1.807) is 30.3 Å². The van der Waals surface area contributed by atoms with E-state index in [4.69, 9.17) is 4.74 Å². The van der Waals surface area contributed by atoms with Gasteiger partial charge in [0.25, 0.3) is 0 Å². The third-order valence-electron chi connectivity index (χ3n) is 5.59. The topological polar surface area (TPSA) is 114 Å². The van der Waals surface area contributed by atoms with Crippen LogP contribution in [0.1, 0.15) is 25.8 Å². The Bertz CT molecular complexity index is 1310. The third kappa shape index (κ3) is 5.84. The highest BCUT2D eigenvalue weighted by molar-refractivity contribution is 7.89. The maximum Gasteiger partial charge on any atom is 0.240 e. The van der Waals surface area contributed by atoms with E-state index < -0.39 is 10.0 Å². The summed E-state index contributed by atoms with van der Waals surface area (Å²) in [6.07, 6.45) is 2.58. The molecule has 2 aromatic carbocycles. The summed E-state index contributed by atoms with van der Waals surface area (Å²) in [5.41, 5.74) is 3.74. The summed E-state index contributed by atoms with van der Waals surface area (Å²) in [5, 5.41) is 3.12. The van der Waals surface area contributed by atoms with Crippen LogP contribution in [0.15, 0.2) is 59.6 Å². The summed E-state index contributed by atoms with van der Waals surface area (Å²) in [7, 11) is -1.86. The number of anilines is 3. The van der Waals surface area contributed by atoms with Gasteiger partial charge in [-0.05, 0) is 50.6 Å². The van der Waals surface area contributed by atoms with Crippen molar-refractivity contribution in [3.8, 4) is 11.3 Å². The van der Waals surface area contributed by atoms with Crippen molar-refractivity contribution in [2.24, 2.45) is 0 Å². The van der Waals surface area contributed by atoms with E-state index in [1.165, 1.54) is 12.1 Å². The molecule has 35 heavy (non-hydrogen) atoms. The summed E-state index contributed by atoms with van der Waals surface area (Å²) >= 11 is 0. The van der Waals surface area contributed by atoms with E-state index in [0.717, 1.165) is 16.8 Å². The van der Waals surface area contributed by atoms with Gasteiger partial charge in [0.15, 0.2) is 0 Å². The molecule has 0 aliphatic carbocycles. The fourth-order valence-electron chi connectivity index (χ4n) is 3.74. The molecule has 1 aliphatic rings. The van der Waals surface area contributed by atoms with E-state index in [1.807, 2.05) is 38.1 Å². The minimum atomic E-state index is -3.61. The lowest BCUT2D eigenvalue weighted by atomic mass is 10.1. The van der Waals surface area contributed by atoms with E-state index in [2.05, 4.69) is 20.0 Å². The van der Waals surface area contributed by atoms with E-state index in [-0.39, 0.29) is 23.3 Å². The average Bonchev–Trinajstić information content (AvgIpc) is 2.94. The Kier molecular flexibility index (Phi) is 7.44. The predicted octanol–water partition coefficient (Wildman–Crippen LogP) is 3.50. The molecule has 0 saturated carbocycles. The van der Waals surface area contributed by atoms with Crippen molar-refractivity contribution in [2.45, 2.75) is 37.7 Å². The van der Waals surface area contributed by atoms with E-state index in [9.17, 15) is 13.2 Å². The van der Waals surface area contributed by atoms with E-state index >= 15 is 0 Å². The number of hydrogen-bond donors (Lipinski definition) is 2. The number of para-hydroxylation sites is 1. The quantitative estimate of drug-likeness (QED) is 0.437. The highest BCUT2D eigenvalue weighted by Crippen LogP contribution is 2.35. The molecule has 10 heteroatoms. The van der Waals surface area contributed by atoms with Crippen LogP contribution in [-0.2, 0) is 26.0 Å². The normalized spacial score (nSPS) is 13.4. The molecular formula is C25H29N5O4S. The number of hydrogen-bond acceptors (Lipinski definition) is 7. The molecule has 0 atom stereocenters. The number of sulfonamides is 1. The number of nitrogens with zero attached hydrogens (tertiary/aromatic N) is 3. The van der Waals surface area contributed by atoms with Gasteiger partial charge in [-0.2, -0.15) is 0 Å². The fourth-order valence-corrected chi connectivity index (χ4v) is 4.81. The van der Waals surface area contributed by atoms with Crippen molar-refractivity contribution in [2.75, 3.05) is 30.4 Å². The predicted molar refractivity (Wildman–Crippen MR) is 135 cm³/mol. The number of aromatic nitrogens is 2. The Morgan fingerprint density at radius 3 is 2.60 bits per heavy atom. The number of ether oxygens (including phenoxy) is 1. The Labute approximate surface area is 205 Å². The van der Waals surface area contributed by atoms with Crippen molar-refractivity contribution < 1.29 is 17.9 Å². The van der Waals surface area contributed by atoms with Crippen LogP contribution in [0.2, 0.25) is 0 Å². The molecule has 0 radical (unpaired) electrons. The molecule has 0 fully saturated rings. The van der Waals surface area contributed by atoms with Crippen molar-refractivity contribution in [1.29, 1.82) is 0 Å². The van der Waals surface area contributed by atoms with Crippen molar-refractivity contribution in [1.82, 2.24) is 14.7 Å². The van der Waals surface area contributed by atoms with Crippen LogP contribution in [-0.4, -0.2) is 50.6 Å². The Morgan fingerprint density at radius 1 is 1.11 bits per heavy atom. The van der Waals surface area contributed by atoms with Gasteiger partial charge in [0, 0.05) is 43.2 Å². The number of nitrogens with one attached hydrogen (secondary N) is 2. The van der Waals surface area contributed by atoms with Crippen molar-refractivity contribution >= 4 is 33.3 Å². The van der Waals surface area contributed by atoms with Crippen LogP contribution in [0, 0.1) is 0 Å². The minimum Gasteiger partial charge on any atom is -0.379 e. The van der Waals surface area contributed by atoms with Crippen molar-refractivity contribution in [3.63, 3.8) is 0 Å². The summed E-state index contributed by atoms with van der Waals surface area (Å²) in [4.78, 5) is 23.4. The zero-order valence-corrected chi connectivity index (χ0v) is 20.8. The highest BCUT2D eigenvalue weighted by Gasteiger charge is 2.24. The van der Waals surface area contributed by atoms with Crippen LogP contribution in [0.5, 0.6) is 0 Å². The fraction of sp³-hybridized carbons (Fsp3) is 0.320. The van der Waals surface area contributed by atoms with Gasteiger partial charge < -0.3 is 15.0 Å². The lowest BCUT2D eigenvalue weighted by Crippen LogP contribution is -2.26. The Hall–Kier alpha value is -3.34. The minimum absolute atomic E-state index is 0.0293. The molecule has 1 aromatic heterocycles. The largest absolute Gasteiger partial charge is 0.379 e. The van der Waals surface area contributed by atoms with Gasteiger partial charge in [0.1, 0.15) is 0 Å². The molecular weight excluding hydrogens is 466 g/mol. The summed E-state index contributed by atoms with van der Waals surface area (Å²) in [6.45, 7) is 4.68. The molecule has 3 aromatic rings. The van der Waals surface area contributed by atoms with Gasteiger partial charge in [-0.1, -0.05) is 18.2 Å². The number of carbonyl (C=O) groups excluding carboxylic acids is 1. The molecule has 0 saturated heterocycles. The van der Waals surface area contributed by atoms with Crippen molar-refractivity contribution in [3.05, 3.63) is 60.3 Å². The monoisotopic (exact) mass is 495 g/mol. The summed E-state index contributed by atoms with van der Waals surface area (Å²) in [5.74, 6) is 0.327. The smallest absolute Gasteiger partial charge is 0.240 e. The highest BCUT2D eigenvalue weighted by atomic mass is 32.2. The maximum absolute atomic E-state index is 12.5. The second kappa shape index (κ2) is 10.5. The second-order valence-electron chi connectivity index (χ2n) is 8.53. The second-order valence-corrected chi connectivity index (χ2v) is 10.3. The number of amides is 1. The standard InChI is InChI=1S/C25H29N5O4S/c1-17(2)34-14-6-13-27-35(32,33)20-11-9-19(10-12-20)28-25-26-16-18-15-23(31)30(3)22-8-5-4-7-21(22)24(18)29-25/h4-5,7-12,16-17,27H,6,13-15H2,1-3H3,(H,26,28,29). The number of benzene rings is 2. The van der Waals surface area contributed by atoms with Crippen LogP contribution in [0.4, 0.5) is 17.3 Å². The van der Waals surface area contributed by atoms with Gasteiger partial charge in [-0.25, -0.2) is 23.1 Å². The number of carbonyl (C=O) groups is 1. The first-order chi connectivity index (χ1) is 16.7. The first-order valence-corrected chi connectivity index (χ1v) is 12.9. The van der Waals surface area contributed by atoms with Gasteiger partial charge in [0.05, 0.1) is 28.8 Å². The number of likely N-dealkylation sites (N-methyl/N-ethyl adjacent to an activating group) is 1. The summed E-state index contributed by atoms with van der Waals surface area (Å²) in [6, 6.07) is 14.0. The molecule has 1 amide bonds. The molecule has 184 valence electrons. The van der Waals surface area contributed by atoms with Gasteiger partial charge in [0.2, 0.25) is 21.9 Å². The number of rotatable bonds is 9. The zero-order valence-electron chi connectivity index (χ0n) is 20.0. The zero-order chi connectivity index (χ0) is 25.0. The SMILES string of the molecule is CC(C)OCCCNS(=O)(=O)c1ccc(Nc2ncc3c(n2)-c2ccccc2N(C)C(=O)C3)cc1. The van der Waals surface area contributed by atoms with E-state index in [0.29, 0.717) is 36.9 Å². The van der Waals surface area contributed by atoms with Crippen LogP contribution in [0.3, 0.4) is 0 Å². The summed E-state index contributed by atoms with van der Waals surface area (Å²) < 4.78 is 33.1. The molecule has 2 N–H and O–H groups in total. The molecule has 0 spiro atoms. The Morgan fingerprint density at radius 2 is 1.86 bits per heavy atom. The average molecular weight is 496 g/mol. The molecule has 2 heterocycles. The number of fused-ring (bicyclic) bond motifs is 3. The molecule has 0 unspecified atom stereocenters. The van der Waals surface area contributed by atoms with Gasteiger partial charge >= 0.3 is 0 Å². The lowest BCUT2D eigenvalue weighted by Gasteiger charge is -2.16. The van der Waals surface area contributed by atoms with Crippen LogP contribution in [0.25, 0.3) is 11.3 Å².